The third-order valence-electron chi connectivity index (χ3n) is 0.563. The average Bonchev–Trinajstić information content (AvgIpc) is 1.65. The summed E-state index contributed by atoms with van der Waals surface area (Å²) in [5.41, 5.74) is 0. The van der Waals surface area contributed by atoms with E-state index in [1.807, 2.05) is 0 Å². The van der Waals surface area contributed by atoms with Crippen LogP contribution in [-0.2, 0) is 9.53 Å². The lowest BCUT2D eigenvalue weighted by Gasteiger charge is -1.93. The Labute approximate surface area is 37.1 Å². The van der Waals surface area contributed by atoms with Gasteiger partial charge in [-0.3, -0.25) is 0 Å². The highest BCUT2D eigenvalue weighted by molar-refractivity contribution is 5.54. The average molecular weight is 88.1 g/mol. The number of carbonyl (C=O) groups is 1. The molecule has 6 heavy (non-hydrogen) atoms. The second-order valence-corrected chi connectivity index (χ2v) is 1.08. The van der Waals surface area contributed by atoms with E-state index in [2.05, 4.69) is 4.74 Å². The molecule has 0 saturated heterocycles. The van der Waals surface area contributed by atoms with Gasteiger partial charge in [-0.2, -0.15) is 0 Å². The fourth-order valence-corrected chi connectivity index (χ4v) is 0.0556. The van der Waals surface area contributed by atoms with Gasteiger partial charge in [0, 0.05) is 7.11 Å². The normalized spacial score (nSPS) is 13.7. The minimum absolute atomic E-state index is 0.245. The highest BCUT2D eigenvalue weighted by atomic mass is 16.5. The van der Waals surface area contributed by atoms with Crippen molar-refractivity contribution in [3.63, 3.8) is 0 Å². The fourth-order valence-electron chi connectivity index (χ4n) is 0.0556. The molecule has 0 aliphatic rings. The molecule has 0 aromatic heterocycles. The summed E-state index contributed by atoms with van der Waals surface area (Å²) in [6.45, 7) is 1.69. The quantitative estimate of drug-likeness (QED) is 0.451. The van der Waals surface area contributed by atoms with Crippen LogP contribution in [0.25, 0.3) is 0 Å². The number of ether oxygens (including phenoxy) is 1. The van der Waals surface area contributed by atoms with E-state index in [9.17, 15) is 4.79 Å². The molecule has 0 bridgehead atoms. The van der Waals surface area contributed by atoms with Gasteiger partial charge in [0.05, 0.1) is 0 Å². The first-order chi connectivity index (χ1) is 2.81. The van der Waals surface area contributed by atoms with E-state index in [4.69, 9.17) is 0 Å². The molecule has 0 rings (SSSR count). The highest BCUT2D eigenvalue weighted by Crippen LogP contribution is 1.75. The smallest absolute Gasteiger partial charge is 0.148 e. The zero-order valence-electron chi connectivity index (χ0n) is 3.97. The SMILES string of the molecule is CO[C@H](C)C=O. The van der Waals surface area contributed by atoms with Gasteiger partial charge in [0.15, 0.2) is 0 Å². The zero-order chi connectivity index (χ0) is 4.99. The predicted octanol–water partition coefficient (Wildman–Crippen LogP) is 0.220. The lowest BCUT2D eigenvalue weighted by atomic mass is 10.5. The summed E-state index contributed by atoms with van der Waals surface area (Å²) in [6.07, 6.45) is 0.505. The van der Waals surface area contributed by atoms with Crippen LogP contribution in [0.15, 0.2) is 0 Å². The summed E-state index contributed by atoms with van der Waals surface area (Å²) in [5.74, 6) is 0. The third kappa shape index (κ3) is 1.91. The van der Waals surface area contributed by atoms with Gasteiger partial charge in [-0.1, -0.05) is 0 Å². The van der Waals surface area contributed by atoms with Crippen LogP contribution in [-0.4, -0.2) is 19.5 Å². The van der Waals surface area contributed by atoms with Crippen LogP contribution in [0, 0.1) is 0 Å². The molecule has 2 heteroatoms. The predicted molar refractivity (Wildman–Crippen MR) is 22.5 cm³/mol. The van der Waals surface area contributed by atoms with Crippen molar-refractivity contribution in [3.8, 4) is 0 Å². The van der Waals surface area contributed by atoms with Crippen LogP contribution in [0.4, 0.5) is 0 Å². The molecule has 0 amide bonds. The van der Waals surface area contributed by atoms with Crippen molar-refractivity contribution in [3.05, 3.63) is 0 Å². The van der Waals surface area contributed by atoms with Gasteiger partial charge in [0.1, 0.15) is 12.4 Å². The Morgan fingerprint density at radius 3 is 2.33 bits per heavy atom. The topological polar surface area (TPSA) is 26.3 Å². The number of hydrogen-bond donors (Lipinski definition) is 0. The molecule has 0 fully saturated rings. The Hall–Kier alpha value is -0.370. The van der Waals surface area contributed by atoms with Crippen LogP contribution < -0.4 is 0 Å². The van der Waals surface area contributed by atoms with E-state index in [0.29, 0.717) is 0 Å². The molecular weight excluding hydrogens is 80.0 g/mol. The van der Waals surface area contributed by atoms with E-state index in [1.54, 1.807) is 6.92 Å². The maximum absolute atomic E-state index is 9.61. The number of rotatable bonds is 2. The van der Waals surface area contributed by atoms with Crippen molar-refractivity contribution in [1.29, 1.82) is 0 Å². The van der Waals surface area contributed by atoms with Crippen molar-refractivity contribution in [2.45, 2.75) is 13.0 Å². The summed E-state index contributed by atoms with van der Waals surface area (Å²) in [6, 6.07) is 0. The number of hydrogen-bond acceptors (Lipinski definition) is 2. The van der Waals surface area contributed by atoms with Crippen molar-refractivity contribution in [2.24, 2.45) is 0 Å². The lowest BCUT2D eigenvalue weighted by Crippen LogP contribution is -2.04. The summed E-state index contributed by atoms with van der Waals surface area (Å²) >= 11 is 0. The fraction of sp³-hybridized carbons (Fsp3) is 0.750. The molecule has 0 N–H and O–H groups in total. The zero-order valence-corrected chi connectivity index (χ0v) is 3.97. The molecule has 36 valence electrons. The molecule has 0 aliphatic carbocycles. The first kappa shape index (κ1) is 5.63. The third-order valence-corrected chi connectivity index (χ3v) is 0.563. The second-order valence-electron chi connectivity index (χ2n) is 1.08. The van der Waals surface area contributed by atoms with E-state index in [1.165, 1.54) is 7.11 Å². The minimum Gasteiger partial charge on any atom is -0.374 e. The summed E-state index contributed by atoms with van der Waals surface area (Å²) < 4.78 is 4.53. The van der Waals surface area contributed by atoms with E-state index >= 15 is 0 Å². The van der Waals surface area contributed by atoms with Crippen LogP contribution >= 0.6 is 0 Å². The molecule has 0 unspecified atom stereocenters. The van der Waals surface area contributed by atoms with Gasteiger partial charge in [0.25, 0.3) is 0 Å². The Kier molecular flexibility index (Phi) is 2.67. The first-order valence-corrected chi connectivity index (χ1v) is 1.79. The summed E-state index contributed by atoms with van der Waals surface area (Å²) in [4.78, 5) is 9.61. The first-order valence-electron chi connectivity index (χ1n) is 1.79. The molecule has 0 aliphatic heterocycles. The second kappa shape index (κ2) is 2.85. The summed E-state index contributed by atoms with van der Waals surface area (Å²) in [5, 5.41) is 0. The number of methoxy groups -OCH3 is 1. The maximum atomic E-state index is 9.61. The molecule has 0 aromatic rings. The molecule has 0 aromatic carbocycles. The Balaban J connectivity index is 2.96. The van der Waals surface area contributed by atoms with Crippen molar-refractivity contribution in [2.75, 3.05) is 7.11 Å². The Bertz CT molecular complexity index is 42.8. The van der Waals surface area contributed by atoms with Gasteiger partial charge < -0.3 is 9.53 Å². The van der Waals surface area contributed by atoms with Gasteiger partial charge in [-0.15, -0.1) is 0 Å². The number of aldehydes is 1. The monoisotopic (exact) mass is 88.1 g/mol. The molecule has 0 heterocycles. The lowest BCUT2D eigenvalue weighted by molar-refractivity contribution is -0.115. The van der Waals surface area contributed by atoms with Crippen LogP contribution in [0.5, 0.6) is 0 Å². The molecule has 0 spiro atoms. The van der Waals surface area contributed by atoms with Gasteiger partial charge >= 0.3 is 0 Å². The summed E-state index contributed by atoms with van der Waals surface area (Å²) in [7, 11) is 1.50. The van der Waals surface area contributed by atoms with Crippen molar-refractivity contribution in [1.82, 2.24) is 0 Å². The van der Waals surface area contributed by atoms with Crippen LogP contribution in [0.3, 0.4) is 0 Å². The maximum Gasteiger partial charge on any atom is 0.148 e. The number of carbonyl (C=O) groups excluding carboxylic acids is 1. The largest absolute Gasteiger partial charge is 0.374 e. The van der Waals surface area contributed by atoms with E-state index in [-0.39, 0.29) is 6.10 Å². The van der Waals surface area contributed by atoms with Crippen LogP contribution in [0.2, 0.25) is 0 Å². The van der Waals surface area contributed by atoms with Gasteiger partial charge in [-0.25, -0.2) is 0 Å². The molecular formula is C4H8O2. The van der Waals surface area contributed by atoms with E-state index in [0.717, 1.165) is 6.29 Å². The Morgan fingerprint density at radius 2 is 2.33 bits per heavy atom. The minimum atomic E-state index is -0.245. The highest BCUT2D eigenvalue weighted by Gasteiger charge is 1.88. The van der Waals surface area contributed by atoms with Crippen molar-refractivity contribution < 1.29 is 9.53 Å². The van der Waals surface area contributed by atoms with E-state index < -0.39 is 0 Å². The van der Waals surface area contributed by atoms with Gasteiger partial charge in [-0.05, 0) is 6.92 Å². The Morgan fingerprint density at radius 1 is 1.83 bits per heavy atom. The van der Waals surface area contributed by atoms with Crippen LogP contribution in [0.1, 0.15) is 6.92 Å². The molecule has 0 saturated carbocycles. The molecule has 1 atom stereocenters. The molecule has 2 nitrogen and oxygen atoms in total. The molecule has 0 radical (unpaired) electrons. The van der Waals surface area contributed by atoms with Gasteiger partial charge in [0.2, 0.25) is 0 Å². The standard InChI is InChI=1S/C4H8O2/c1-4(3-5)6-2/h3-4H,1-2H3/t4-/m1/s1. The van der Waals surface area contributed by atoms with Crippen molar-refractivity contribution >= 4 is 6.29 Å².